The molecule has 140 valence electrons. The topological polar surface area (TPSA) is 50.3 Å². The minimum atomic E-state index is 0.703. The van der Waals surface area contributed by atoms with Gasteiger partial charge in [-0.05, 0) is 38.5 Å². The zero-order valence-electron chi connectivity index (χ0n) is 16.4. The first-order chi connectivity index (χ1) is 13.1. The summed E-state index contributed by atoms with van der Waals surface area (Å²) in [7, 11) is 1.67. The molecule has 0 aliphatic rings. The van der Waals surface area contributed by atoms with Crippen LogP contribution >= 0.6 is 0 Å². The van der Waals surface area contributed by atoms with Crippen LogP contribution in [0.3, 0.4) is 0 Å². The van der Waals surface area contributed by atoms with Crippen LogP contribution < -0.4 is 15.0 Å². The van der Waals surface area contributed by atoms with Crippen LogP contribution in [0.15, 0.2) is 54.6 Å². The maximum atomic E-state index is 5.49. The summed E-state index contributed by atoms with van der Waals surface area (Å²) in [5.74, 6) is 3.14. The minimum Gasteiger partial charge on any atom is -0.495 e. The molecule has 1 N–H and O–H groups in total. The van der Waals surface area contributed by atoms with Gasteiger partial charge in [-0.1, -0.05) is 36.4 Å². The number of aryl methyl sites for hydroxylation is 1. The van der Waals surface area contributed by atoms with Crippen molar-refractivity contribution in [3.63, 3.8) is 0 Å². The predicted molar refractivity (Wildman–Crippen MR) is 112 cm³/mol. The number of ether oxygens (including phenoxy) is 1. The van der Waals surface area contributed by atoms with E-state index in [1.165, 1.54) is 0 Å². The maximum Gasteiger partial charge on any atom is 0.163 e. The second-order valence-electron chi connectivity index (χ2n) is 6.30. The highest BCUT2D eigenvalue weighted by Gasteiger charge is 2.12. The first-order valence-corrected chi connectivity index (χ1v) is 9.25. The van der Waals surface area contributed by atoms with Gasteiger partial charge in [0.15, 0.2) is 5.82 Å². The van der Waals surface area contributed by atoms with E-state index < -0.39 is 0 Å². The fraction of sp³-hybridized carbons (Fsp3) is 0.273. The number of nitrogens with zero attached hydrogens (tertiary/aromatic N) is 3. The standard InChI is InChI=1S/C22H26N4O/c1-5-26(6-2)21-15-20(23-18-14-16(3)12-13-19(18)27-4)24-22(25-21)17-10-8-7-9-11-17/h7-15H,5-6H2,1-4H3,(H,23,24,25). The normalized spacial score (nSPS) is 10.5. The Morgan fingerprint density at radius 1 is 0.963 bits per heavy atom. The third kappa shape index (κ3) is 4.37. The summed E-state index contributed by atoms with van der Waals surface area (Å²) in [5.41, 5.74) is 3.03. The van der Waals surface area contributed by atoms with Crippen LogP contribution in [-0.4, -0.2) is 30.2 Å². The van der Waals surface area contributed by atoms with Gasteiger partial charge in [0.05, 0.1) is 12.8 Å². The minimum absolute atomic E-state index is 0.703. The van der Waals surface area contributed by atoms with Gasteiger partial charge in [0.1, 0.15) is 17.4 Å². The number of anilines is 3. The van der Waals surface area contributed by atoms with Gasteiger partial charge in [-0.3, -0.25) is 0 Å². The van der Waals surface area contributed by atoms with Crippen LogP contribution in [-0.2, 0) is 0 Å². The smallest absolute Gasteiger partial charge is 0.163 e. The van der Waals surface area contributed by atoms with Crippen molar-refractivity contribution in [2.45, 2.75) is 20.8 Å². The summed E-state index contributed by atoms with van der Waals surface area (Å²) in [6, 6.07) is 18.1. The third-order valence-corrected chi connectivity index (χ3v) is 4.45. The Balaban J connectivity index is 2.06. The van der Waals surface area contributed by atoms with Gasteiger partial charge in [-0.25, -0.2) is 9.97 Å². The molecule has 0 unspecified atom stereocenters. The van der Waals surface area contributed by atoms with E-state index in [0.717, 1.165) is 47.3 Å². The van der Waals surface area contributed by atoms with Crippen LogP contribution in [0.2, 0.25) is 0 Å². The summed E-state index contributed by atoms with van der Waals surface area (Å²) in [4.78, 5) is 11.8. The largest absolute Gasteiger partial charge is 0.495 e. The third-order valence-electron chi connectivity index (χ3n) is 4.45. The molecule has 27 heavy (non-hydrogen) atoms. The summed E-state index contributed by atoms with van der Waals surface area (Å²) in [5, 5.41) is 3.42. The van der Waals surface area contributed by atoms with Gasteiger partial charge in [0.2, 0.25) is 0 Å². The van der Waals surface area contributed by atoms with E-state index in [-0.39, 0.29) is 0 Å². The Morgan fingerprint density at radius 3 is 2.37 bits per heavy atom. The Morgan fingerprint density at radius 2 is 1.70 bits per heavy atom. The van der Waals surface area contributed by atoms with E-state index in [0.29, 0.717) is 5.82 Å². The maximum absolute atomic E-state index is 5.49. The van der Waals surface area contributed by atoms with Gasteiger partial charge in [0, 0.05) is 24.7 Å². The van der Waals surface area contributed by atoms with E-state index in [4.69, 9.17) is 14.7 Å². The molecule has 5 heteroatoms. The number of hydrogen-bond acceptors (Lipinski definition) is 5. The van der Waals surface area contributed by atoms with Crippen LogP contribution in [0, 0.1) is 6.92 Å². The van der Waals surface area contributed by atoms with Crippen molar-refractivity contribution in [1.29, 1.82) is 0 Å². The van der Waals surface area contributed by atoms with Crippen LogP contribution in [0.25, 0.3) is 11.4 Å². The fourth-order valence-corrected chi connectivity index (χ4v) is 2.98. The van der Waals surface area contributed by atoms with Crippen molar-refractivity contribution < 1.29 is 4.74 Å². The van der Waals surface area contributed by atoms with Crippen molar-refractivity contribution in [3.8, 4) is 17.1 Å². The molecule has 0 saturated carbocycles. The van der Waals surface area contributed by atoms with E-state index >= 15 is 0 Å². The highest BCUT2D eigenvalue weighted by Crippen LogP contribution is 2.30. The Labute approximate surface area is 161 Å². The molecule has 1 heterocycles. The lowest BCUT2D eigenvalue weighted by molar-refractivity contribution is 0.416. The monoisotopic (exact) mass is 362 g/mol. The quantitative estimate of drug-likeness (QED) is 0.637. The molecular weight excluding hydrogens is 336 g/mol. The van der Waals surface area contributed by atoms with Crippen LogP contribution in [0.5, 0.6) is 5.75 Å². The van der Waals surface area contributed by atoms with Crippen LogP contribution in [0.1, 0.15) is 19.4 Å². The van der Waals surface area contributed by atoms with Gasteiger partial charge >= 0.3 is 0 Å². The van der Waals surface area contributed by atoms with E-state index in [2.05, 4.69) is 37.1 Å². The average Bonchev–Trinajstić information content (AvgIpc) is 2.70. The van der Waals surface area contributed by atoms with Crippen LogP contribution in [0.4, 0.5) is 17.3 Å². The molecule has 0 aliphatic heterocycles. The first kappa shape index (κ1) is 18.7. The van der Waals surface area contributed by atoms with E-state index in [1.807, 2.05) is 48.5 Å². The zero-order valence-corrected chi connectivity index (χ0v) is 16.4. The second-order valence-corrected chi connectivity index (χ2v) is 6.30. The highest BCUT2D eigenvalue weighted by molar-refractivity contribution is 5.69. The number of methoxy groups -OCH3 is 1. The van der Waals surface area contributed by atoms with Gasteiger partial charge in [-0.15, -0.1) is 0 Å². The number of benzene rings is 2. The molecule has 2 aromatic carbocycles. The second kappa shape index (κ2) is 8.54. The molecule has 5 nitrogen and oxygen atoms in total. The fourth-order valence-electron chi connectivity index (χ4n) is 2.98. The van der Waals surface area contributed by atoms with E-state index in [9.17, 15) is 0 Å². The zero-order chi connectivity index (χ0) is 19.2. The predicted octanol–water partition coefficient (Wildman–Crippen LogP) is 5.05. The van der Waals surface area contributed by atoms with Crippen molar-refractivity contribution in [1.82, 2.24) is 9.97 Å². The number of aromatic nitrogens is 2. The molecule has 3 aromatic rings. The van der Waals surface area contributed by atoms with Gasteiger partial charge in [-0.2, -0.15) is 0 Å². The molecule has 0 atom stereocenters. The molecule has 1 aromatic heterocycles. The van der Waals surface area contributed by atoms with Crippen molar-refractivity contribution in [2.75, 3.05) is 30.4 Å². The lowest BCUT2D eigenvalue weighted by atomic mass is 10.2. The molecule has 0 spiro atoms. The number of hydrogen-bond donors (Lipinski definition) is 1. The van der Waals surface area contributed by atoms with Crippen molar-refractivity contribution in [3.05, 3.63) is 60.2 Å². The number of nitrogens with one attached hydrogen (secondary N) is 1. The lowest BCUT2D eigenvalue weighted by Crippen LogP contribution is -2.23. The van der Waals surface area contributed by atoms with Gasteiger partial charge in [0.25, 0.3) is 0 Å². The SMILES string of the molecule is CCN(CC)c1cc(Nc2cc(C)ccc2OC)nc(-c2ccccc2)n1. The summed E-state index contributed by atoms with van der Waals surface area (Å²) < 4.78 is 5.49. The Hall–Kier alpha value is -3.08. The molecule has 0 aliphatic carbocycles. The summed E-state index contributed by atoms with van der Waals surface area (Å²) >= 11 is 0. The summed E-state index contributed by atoms with van der Waals surface area (Å²) in [6.45, 7) is 8.08. The first-order valence-electron chi connectivity index (χ1n) is 9.25. The Bertz CT molecular complexity index is 892. The molecule has 0 fully saturated rings. The molecule has 0 amide bonds. The number of rotatable bonds is 7. The van der Waals surface area contributed by atoms with Crippen molar-refractivity contribution in [2.24, 2.45) is 0 Å². The molecule has 0 radical (unpaired) electrons. The molecule has 3 rings (SSSR count). The highest BCUT2D eigenvalue weighted by atomic mass is 16.5. The average molecular weight is 362 g/mol. The molecular formula is C22H26N4O. The van der Waals surface area contributed by atoms with Gasteiger partial charge < -0.3 is 15.0 Å². The lowest BCUT2D eigenvalue weighted by Gasteiger charge is -2.21. The van der Waals surface area contributed by atoms with E-state index in [1.54, 1.807) is 7.11 Å². The van der Waals surface area contributed by atoms with Crippen molar-refractivity contribution >= 4 is 17.3 Å². The molecule has 0 bridgehead atoms. The summed E-state index contributed by atoms with van der Waals surface area (Å²) in [6.07, 6.45) is 0. The Kier molecular flexibility index (Phi) is 5.91. The molecule has 0 saturated heterocycles.